The van der Waals surface area contributed by atoms with Crippen LogP contribution in [0, 0.1) is 0 Å². The van der Waals surface area contributed by atoms with Crippen LogP contribution >= 0.6 is 0 Å². The Labute approximate surface area is 150 Å². The quantitative estimate of drug-likeness (QED) is 0.820. The van der Waals surface area contributed by atoms with E-state index in [2.05, 4.69) is 55.5 Å². The van der Waals surface area contributed by atoms with Gasteiger partial charge in [0.15, 0.2) is 0 Å². The van der Waals surface area contributed by atoms with Crippen LogP contribution in [0.5, 0.6) is 0 Å². The van der Waals surface area contributed by atoms with Crippen molar-refractivity contribution in [2.24, 2.45) is 0 Å². The van der Waals surface area contributed by atoms with Crippen LogP contribution < -0.4 is 0 Å². The highest BCUT2D eigenvalue weighted by Gasteiger charge is 2.46. The van der Waals surface area contributed by atoms with E-state index in [1.54, 1.807) is 0 Å². The van der Waals surface area contributed by atoms with Crippen LogP contribution in [0.2, 0.25) is 0 Å². The third-order valence-corrected chi connectivity index (χ3v) is 6.47. The molecule has 1 saturated heterocycles. The Morgan fingerprint density at radius 2 is 1.80 bits per heavy atom. The van der Waals surface area contributed by atoms with Crippen LogP contribution in [-0.4, -0.2) is 23.9 Å². The Morgan fingerprint density at radius 1 is 1.04 bits per heavy atom. The molecule has 2 nitrogen and oxygen atoms in total. The minimum Gasteiger partial charge on any atom is -0.342 e. The van der Waals surface area contributed by atoms with Gasteiger partial charge in [0.25, 0.3) is 0 Å². The second kappa shape index (κ2) is 6.33. The predicted molar refractivity (Wildman–Crippen MR) is 102 cm³/mol. The first-order valence-electron chi connectivity index (χ1n) is 9.50. The molecule has 2 heteroatoms. The monoisotopic (exact) mass is 333 g/mol. The normalized spacial score (nSPS) is 25.4. The lowest BCUT2D eigenvalue weighted by molar-refractivity contribution is -0.138. The highest BCUT2D eigenvalue weighted by atomic mass is 16.2. The first-order valence-corrected chi connectivity index (χ1v) is 9.50. The van der Waals surface area contributed by atoms with Crippen molar-refractivity contribution in [1.82, 2.24) is 4.90 Å². The summed E-state index contributed by atoms with van der Waals surface area (Å²) in [4.78, 5) is 14.1. The fraction of sp³-hybridized carbons (Fsp3) is 0.435. The summed E-state index contributed by atoms with van der Waals surface area (Å²) in [6.07, 6.45) is 6.03. The fourth-order valence-corrected chi connectivity index (χ4v) is 4.93. The lowest BCUT2D eigenvalue weighted by atomic mass is 9.63. The number of likely N-dealkylation sites (tertiary alicyclic amines) is 1. The molecular weight excluding hydrogens is 306 g/mol. The molecule has 25 heavy (non-hydrogen) atoms. The number of likely N-dealkylation sites (N-methyl/N-ethyl adjacent to an activating group) is 1. The number of hydrogen-bond acceptors (Lipinski definition) is 1. The van der Waals surface area contributed by atoms with Crippen molar-refractivity contribution in [3.63, 3.8) is 0 Å². The molecule has 2 aromatic rings. The number of piperidine rings is 1. The molecule has 1 aliphatic heterocycles. The zero-order valence-corrected chi connectivity index (χ0v) is 15.3. The molecule has 0 unspecified atom stereocenters. The van der Waals surface area contributed by atoms with Crippen LogP contribution in [0.15, 0.2) is 48.5 Å². The van der Waals surface area contributed by atoms with Crippen molar-refractivity contribution in [2.75, 3.05) is 7.05 Å². The molecule has 1 amide bonds. The molecular formula is C23H27NO. The molecule has 2 atom stereocenters. The van der Waals surface area contributed by atoms with Gasteiger partial charge in [-0.2, -0.15) is 0 Å². The second-order valence-electron chi connectivity index (χ2n) is 7.95. The lowest BCUT2D eigenvalue weighted by Crippen LogP contribution is -2.56. The fourth-order valence-electron chi connectivity index (χ4n) is 4.93. The van der Waals surface area contributed by atoms with Crippen LogP contribution in [0.1, 0.15) is 48.4 Å². The summed E-state index contributed by atoms with van der Waals surface area (Å²) in [5, 5.41) is 0. The Bertz CT molecular complexity index is 782. The van der Waals surface area contributed by atoms with Gasteiger partial charge in [0, 0.05) is 24.9 Å². The van der Waals surface area contributed by atoms with E-state index in [0.717, 1.165) is 32.1 Å². The zero-order chi connectivity index (χ0) is 17.4. The first kappa shape index (κ1) is 16.4. The number of fused-ring (bicyclic) bond motifs is 3. The second-order valence-corrected chi connectivity index (χ2v) is 7.95. The number of amides is 1. The third-order valence-electron chi connectivity index (χ3n) is 6.47. The molecule has 2 aliphatic rings. The van der Waals surface area contributed by atoms with E-state index in [1.807, 2.05) is 11.9 Å². The number of nitrogens with zero attached hydrogens (tertiary/aromatic N) is 1. The van der Waals surface area contributed by atoms with Gasteiger partial charge in [0.2, 0.25) is 5.91 Å². The molecule has 130 valence electrons. The molecule has 0 aromatic heterocycles. The number of rotatable bonds is 3. The summed E-state index contributed by atoms with van der Waals surface area (Å²) in [5.74, 6) is 0.311. The van der Waals surface area contributed by atoms with Crippen LogP contribution in [0.25, 0.3) is 0 Å². The van der Waals surface area contributed by atoms with Crippen molar-refractivity contribution in [3.05, 3.63) is 70.8 Å². The van der Waals surface area contributed by atoms with Gasteiger partial charge in [-0.05, 0) is 54.4 Å². The van der Waals surface area contributed by atoms with Gasteiger partial charge >= 0.3 is 0 Å². The minimum absolute atomic E-state index is 0.119. The van der Waals surface area contributed by atoms with E-state index in [1.165, 1.54) is 22.3 Å². The van der Waals surface area contributed by atoms with Gasteiger partial charge in [-0.15, -0.1) is 0 Å². The van der Waals surface area contributed by atoms with E-state index in [9.17, 15) is 4.79 Å². The standard InChI is InChI=1S/C23H27NO/c1-23-15-14-22(25)24(2)21(23)13-11-19-16-18(10-12-20(19)23)9-8-17-6-4-3-5-7-17/h3-7,10,12,16,21H,8-9,11,13-15H2,1-2H3/t21-,23-/m1/s1. The number of carbonyl (C=O) groups is 1. The molecule has 0 saturated carbocycles. The summed E-state index contributed by atoms with van der Waals surface area (Å²) in [7, 11) is 1.99. The predicted octanol–water partition coefficient (Wildman–Crippen LogP) is 4.30. The Morgan fingerprint density at radius 3 is 2.60 bits per heavy atom. The van der Waals surface area contributed by atoms with Crippen molar-refractivity contribution < 1.29 is 4.79 Å². The summed E-state index contributed by atoms with van der Waals surface area (Å²) >= 11 is 0. The first-order chi connectivity index (χ1) is 12.1. The van der Waals surface area contributed by atoms with Gasteiger partial charge in [0.1, 0.15) is 0 Å². The number of hydrogen-bond donors (Lipinski definition) is 0. The Balaban J connectivity index is 1.57. The van der Waals surface area contributed by atoms with Crippen molar-refractivity contribution in [2.45, 2.75) is 56.9 Å². The topological polar surface area (TPSA) is 20.3 Å². The van der Waals surface area contributed by atoms with Gasteiger partial charge in [-0.3, -0.25) is 4.79 Å². The van der Waals surface area contributed by atoms with E-state index in [4.69, 9.17) is 0 Å². The van der Waals surface area contributed by atoms with Crippen LogP contribution in [0.4, 0.5) is 0 Å². The Kier molecular flexibility index (Phi) is 4.15. The molecule has 1 heterocycles. The number of benzene rings is 2. The number of carbonyl (C=O) groups excluding carboxylic acids is 1. The highest BCUT2D eigenvalue weighted by molar-refractivity contribution is 5.78. The summed E-state index contributed by atoms with van der Waals surface area (Å²) in [6, 6.07) is 18.2. The minimum atomic E-state index is 0.119. The van der Waals surface area contributed by atoms with Gasteiger partial charge in [-0.1, -0.05) is 55.5 Å². The van der Waals surface area contributed by atoms with Gasteiger partial charge < -0.3 is 4.90 Å². The van der Waals surface area contributed by atoms with Crippen molar-refractivity contribution >= 4 is 5.91 Å². The van der Waals surface area contributed by atoms with Crippen molar-refractivity contribution in [1.29, 1.82) is 0 Å². The largest absolute Gasteiger partial charge is 0.342 e. The highest BCUT2D eigenvalue weighted by Crippen LogP contribution is 2.45. The summed E-state index contributed by atoms with van der Waals surface area (Å²) in [6.45, 7) is 2.36. The average molecular weight is 333 g/mol. The molecule has 1 aliphatic carbocycles. The Hall–Kier alpha value is -2.09. The van der Waals surface area contributed by atoms with E-state index < -0.39 is 0 Å². The summed E-state index contributed by atoms with van der Waals surface area (Å²) in [5.41, 5.74) is 5.94. The molecule has 0 radical (unpaired) electrons. The maximum absolute atomic E-state index is 12.1. The van der Waals surface area contributed by atoms with Crippen LogP contribution in [0.3, 0.4) is 0 Å². The molecule has 1 fully saturated rings. The van der Waals surface area contributed by atoms with Gasteiger partial charge in [-0.25, -0.2) is 0 Å². The third kappa shape index (κ3) is 2.88. The zero-order valence-electron chi connectivity index (χ0n) is 15.3. The average Bonchev–Trinajstić information content (AvgIpc) is 2.64. The van der Waals surface area contributed by atoms with E-state index in [-0.39, 0.29) is 5.41 Å². The summed E-state index contributed by atoms with van der Waals surface area (Å²) < 4.78 is 0. The molecule has 4 rings (SSSR count). The van der Waals surface area contributed by atoms with E-state index in [0.29, 0.717) is 18.4 Å². The molecule has 0 N–H and O–H groups in total. The van der Waals surface area contributed by atoms with Gasteiger partial charge in [0.05, 0.1) is 0 Å². The maximum atomic E-state index is 12.1. The van der Waals surface area contributed by atoms with Crippen molar-refractivity contribution in [3.8, 4) is 0 Å². The smallest absolute Gasteiger partial charge is 0.222 e. The molecule has 0 bridgehead atoms. The lowest BCUT2D eigenvalue weighted by Gasteiger charge is -2.50. The SMILES string of the molecule is CN1C(=O)CC[C@]2(C)c3ccc(CCc4ccccc4)cc3CC[C@@H]12. The maximum Gasteiger partial charge on any atom is 0.222 e. The van der Waals surface area contributed by atoms with Crippen LogP contribution in [-0.2, 0) is 29.5 Å². The molecule has 2 aromatic carbocycles. The number of aryl methyl sites for hydroxylation is 3. The van der Waals surface area contributed by atoms with E-state index >= 15 is 0 Å². The molecule has 0 spiro atoms.